The Morgan fingerprint density at radius 3 is 2.08 bits per heavy atom. The van der Waals surface area contributed by atoms with Crippen LogP contribution in [0.1, 0.15) is 47.5 Å². The van der Waals surface area contributed by atoms with Gasteiger partial charge in [-0.1, -0.05) is 34.6 Å². The zero-order valence-corrected chi connectivity index (χ0v) is 9.05. The third-order valence-corrected chi connectivity index (χ3v) is 2.98. The van der Waals surface area contributed by atoms with Gasteiger partial charge < -0.3 is 4.79 Å². The molecule has 0 aromatic heterocycles. The van der Waals surface area contributed by atoms with Gasteiger partial charge in [-0.25, -0.2) is 0 Å². The molecule has 0 aromatic carbocycles. The van der Waals surface area contributed by atoms with Crippen LogP contribution >= 0.6 is 0 Å². The molecule has 0 radical (unpaired) electrons. The summed E-state index contributed by atoms with van der Waals surface area (Å²) in [6.45, 7) is 10.7. The zero-order valence-electron chi connectivity index (χ0n) is 9.05. The highest BCUT2D eigenvalue weighted by atomic mass is 16.1. The number of hydrogen-bond donors (Lipinski definition) is 0. The second kappa shape index (κ2) is 4.64. The van der Waals surface area contributed by atoms with Crippen molar-refractivity contribution in [3.8, 4) is 0 Å². The van der Waals surface area contributed by atoms with Gasteiger partial charge in [-0.3, -0.25) is 0 Å². The van der Waals surface area contributed by atoms with Crippen molar-refractivity contribution in [3.05, 3.63) is 0 Å². The highest BCUT2D eigenvalue weighted by molar-refractivity contribution is 5.59. The Hall–Kier alpha value is -0.330. The van der Waals surface area contributed by atoms with Gasteiger partial charge in [-0.05, 0) is 24.7 Å². The summed E-state index contributed by atoms with van der Waals surface area (Å²) >= 11 is 0. The van der Waals surface area contributed by atoms with Crippen LogP contribution in [0.4, 0.5) is 0 Å². The second-order valence-corrected chi connectivity index (χ2v) is 4.51. The lowest BCUT2D eigenvalue weighted by atomic mass is 9.74. The standard InChI is InChI=1S/C11H22O/c1-6-11(5,8-12)10(4)7-9(2)3/h8-10H,6-7H2,1-5H3. The first-order chi connectivity index (χ1) is 5.46. The minimum absolute atomic E-state index is 0.107. The van der Waals surface area contributed by atoms with E-state index in [1.807, 2.05) is 0 Å². The molecular formula is C11H22O. The fraction of sp³-hybridized carbons (Fsp3) is 0.909. The minimum atomic E-state index is -0.107. The number of rotatable bonds is 5. The molecule has 0 amide bonds. The molecule has 0 rings (SSSR count). The van der Waals surface area contributed by atoms with Crippen LogP contribution in [0.3, 0.4) is 0 Å². The molecule has 1 nitrogen and oxygen atoms in total. The molecule has 0 aliphatic heterocycles. The van der Waals surface area contributed by atoms with Gasteiger partial charge in [-0.15, -0.1) is 0 Å². The Bertz CT molecular complexity index is 140. The zero-order chi connectivity index (χ0) is 9.78. The van der Waals surface area contributed by atoms with Crippen molar-refractivity contribution in [3.63, 3.8) is 0 Å². The molecular weight excluding hydrogens is 148 g/mol. The predicted molar refractivity (Wildman–Crippen MR) is 53.1 cm³/mol. The number of hydrogen-bond acceptors (Lipinski definition) is 1. The van der Waals surface area contributed by atoms with Gasteiger partial charge in [-0.2, -0.15) is 0 Å². The van der Waals surface area contributed by atoms with Gasteiger partial charge >= 0.3 is 0 Å². The van der Waals surface area contributed by atoms with Crippen LogP contribution in [0.5, 0.6) is 0 Å². The molecule has 0 bridgehead atoms. The molecule has 0 aliphatic rings. The highest BCUT2D eigenvalue weighted by Crippen LogP contribution is 2.32. The van der Waals surface area contributed by atoms with E-state index in [1.54, 1.807) is 0 Å². The van der Waals surface area contributed by atoms with Crippen LogP contribution in [0.2, 0.25) is 0 Å². The summed E-state index contributed by atoms with van der Waals surface area (Å²) in [5.74, 6) is 1.19. The van der Waals surface area contributed by atoms with Gasteiger partial charge in [0.25, 0.3) is 0 Å². The van der Waals surface area contributed by atoms with E-state index in [4.69, 9.17) is 0 Å². The van der Waals surface area contributed by atoms with Crippen molar-refractivity contribution in [1.82, 2.24) is 0 Å². The maximum absolute atomic E-state index is 10.9. The first-order valence-corrected chi connectivity index (χ1v) is 4.92. The minimum Gasteiger partial charge on any atom is -0.303 e. The molecule has 2 unspecified atom stereocenters. The van der Waals surface area contributed by atoms with Gasteiger partial charge in [0.15, 0.2) is 0 Å². The maximum Gasteiger partial charge on any atom is 0.126 e. The molecule has 72 valence electrons. The molecule has 2 atom stereocenters. The van der Waals surface area contributed by atoms with Crippen molar-refractivity contribution in [2.75, 3.05) is 0 Å². The van der Waals surface area contributed by atoms with Crippen molar-refractivity contribution >= 4 is 6.29 Å². The van der Waals surface area contributed by atoms with Crippen LogP contribution in [0.25, 0.3) is 0 Å². The van der Waals surface area contributed by atoms with Crippen LogP contribution in [-0.2, 0) is 4.79 Å². The Kier molecular flexibility index (Phi) is 4.51. The highest BCUT2D eigenvalue weighted by Gasteiger charge is 2.28. The van der Waals surface area contributed by atoms with Gasteiger partial charge in [0, 0.05) is 5.41 Å². The summed E-state index contributed by atoms with van der Waals surface area (Å²) < 4.78 is 0. The van der Waals surface area contributed by atoms with Gasteiger partial charge in [0.05, 0.1) is 0 Å². The third kappa shape index (κ3) is 2.96. The van der Waals surface area contributed by atoms with E-state index < -0.39 is 0 Å². The van der Waals surface area contributed by atoms with Gasteiger partial charge in [0.1, 0.15) is 6.29 Å². The third-order valence-electron chi connectivity index (χ3n) is 2.98. The number of carbonyl (C=O) groups is 1. The predicted octanol–water partition coefficient (Wildman–Crippen LogP) is 3.28. The van der Waals surface area contributed by atoms with Crippen molar-refractivity contribution < 1.29 is 4.79 Å². The van der Waals surface area contributed by atoms with Crippen LogP contribution in [0, 0.1) is 17.3 Å². The number of aldehydes is 1. The van der Waals surface area contributed by atoms with Crippen LogP contribution in [0.15, 0.2) is 0 Å². The first kappa shape index (κ1) is 11.7. The average molecular weight is 170 g/mol. The van der Waals surface area contributed by atoms with E-state index in [0.717, 1.165) is 19.1 Å². The van der Waals surface area contributed by atoms with Gasteiger partial charge in [0.2, 0.25) is 0 Å². The van der Waals surface area contributed by atoms with E-state index in [1.165, 1.54) is 0 Å². The van der Waals surface area contributed by atoms with Crippen molar-refractivity contribution in [2.24, 2.45) is 17.3 Å². The lowest BCUT2D eigenvalue weighted by Gasteiger charge is -2.30. The largest absolute Gasteiger partial charge is 0.303 e. The van der Waals surface area contributed by atoms with E-state index in [-0.39, 0.29) is 5.41 Å². The SMILES string of the molecule is CCC(C)(C=O)C(C)CC(C)C. The quantitative estimate of drug-likeness (QED) is 0.579. The monoisotopic (exact) mass is 170 g/mol. The first-order valence-electron chi connectivity index (χ1n) is 4.92. The normalized spacial score (nSPS) is 18.8. The molecule has 0 heterocycles. The Balaban J connectivity index is 4.21. The molecule has 0 N–H and O–H groups in total. The van der Waals surface area contributed by atoms with E-state index >= 15 is 0 Å². The van der Waals surface area contributed by atoms with E-state index in [0.29, 0.717) is 11.8 Å². The number of carbonyl (C=O) groups excluding carboxylic acids is 1. The average Bonchev–Trinajstić information content (AvgIpc) is 2.02. The second-order valence-electron chi connectivity index (χ2n) is 4.51. The summed E-state index contributed by atoms with van der Waals surface area (Å²) in [5.41, 5.74) is -0.107. The summed E-state index contributed by atoms with van der Waals surface area (Å²) in [7, 11) is 0. The summed E-state index contributed by atoms with van der Waals surface area (Å²) in [4.78, 5) is 10.9. The summed E-state index contributed by atoms with van der Waals surface area (Å²) in [6, 6.07) is 0. The smallest absolute Gasteiger partial charge is 0.126 e. The molecule has 0 fully saturated rings. The molecule has 0 aliphatic carbocycles. The molecule has 0 saturated carbocycles. The van der Waals surface area contributed by atoms with E-state index in [2.05, 4.69) is 34.6 Å². The maximum atomic E-state index is 10.9. The summed E-state index contributed by atoms with van der Waals surface area (Å²) in [5, 5.41) is 0. The van der Waals surface area contributed by atoms with Crippen LogP contribution < -0.4 is 0 Å². The lowest BCUT2D eigenvalue weighted by molar-refractivity contribution is -0.118. The van der Waals surface area contributed by atoms with E-state index in [9.17, 15) is 4.79 Å². The fourth-order valence-corrected chi connectivity index (χ4v) is 1.52. The van der Waals surface area contributed by atoms with Crippen LogP contribution in [-0.4, -0.2) is 6.29 Å². The molecule has 0 spiro atoms. The topological polar surface area (TPSA) is 17.1 Å². The molecule has 12 heavy (non-hydrogen) atoms. The Morgan fingerprint density at radius 1 is 1.33 bits per heavy atom. The molecule has 0 aromatic rings. The summed E-state index contributed by atoms with van der Waals surface area (Å²) in [6.07, 6.45) is 3.22. The lowest BCUT2D eigenvalue weighted by Crippen LogP contribution is -2.27. The molecule has 0 saturated heterocycles. The fourth-order valence-electron chi connectivity index (χ4n) is 1.52. The van der Waals surface area contributed by atoms with Crippen molar-refractivity contribution in [1.29, 1.82) is 0 Å². The Labute approximate surface area is 76.6 Å². The Morgan fingerprint density at radius 2 is 1.83 bits per heavy atom. The van der Waals surface area contributed by atoms with Crippen molar-refractivity contribution in [2.45, 2.75) is 47.5 Å². The molecule has 1 heteroatoms.